The topological polar surface area (TPSA) is 42.3 Å². The summed E-state index contributed by atoms with van der Waals surface area (Å²) in [7, 11) is 0. The summed E-state index contributed by atoms with van der Waals surface area (Å²) in [5, 5.41) is 12.5. The van der Waals surface area contributed by atoms with Crippen LogP contribution in [0, 0.1) is 11.3 Å². The molecular weight excluding hydrogens is 248 g/mol. The van der Waals surface area contributed by atoms with Gasteiger partial charge in [-0.3, -0.25) is 10.2 Å². The van der Waals surface area contributed by atoms with Crippen LogP contribution in [0.3, 0.4) is 0 Å². The predicted molar refractivity (Wildman–Crippen MR) is 82.6 cm³/mol. The van der Waals surface area contributed by atoms with Crippen LogP contribution in [-0.2, 0) is 0 Å². The lowest BCUT2D eigenvalue weighted by Gasteiger charge is -2.38. The van der Waals surface area contributed by atoms with E-state index >= 15 is 0 Å². The SMILES string of the molecule is CC(C)NC(C#N)CCN1CCN(C2CCCC2)CC1. The number of rotatable bonds is 6. The van der Waals surface area contributed by atoms with Crippen molar-refractivity contribution < 1.29 is 0 Å². The minimum atomic E-state index is 0.00265. The third-order valence-electron chi connectivity index (χ3n) is 4.67. The van der Waals surface area contributed by atoms with Crippen LogP contribution in [0.2, 0.25) is 0 Å². The van der Waals surface area contributed by atoms with E-state index in [0.29, 0.717) is 6.04 Å². The maximum atomic E-state index is 9.15. The molecule has 4 nitrogen and oxygen atoms in total. The van der Waals surface area contributed by atoms with Crippen LogP contribution in [0.5, 0.6) is 0 Å². The van der Waals surface area contributed by atoms with Crippen molar-refractivity contribution in [3.05, 3.63) is 0 Å². The molecule has 1 unspecified atom stereocenters. The van der Waals surface area contributed by atoms with Gasteiger partial charge in [-0.2, -0.15) is 5.26 Å². The first-order chi connectivity index (χ1) is 9.69. The molecule has 1 aliphatic carbocycles. The first-order valence-corrected chi connectivity index (χ1v) is 8.31. The molecule has 0 aromatic carbocycles. The summed E-state index contributed by atoms with van der Waals surface area (Å²) >= 11 is 0. The molecule has 1 aliphatic heterocycles. The van der Waals surface area contributed by atoms with E-state index in [9.17, 15) is 0 Å². The third kappa shape index (κ3) is 4.73. The van der Waals surface area contributed by atoms with Crippen molar-refractivity contribution in [2.24, 2.45) is 0 Å². The number of nitriles is 1. The summed E-state index contributed by atoms with van der Waals surface area (Å²) in [6, 6.07) is 3.64. The lowest BCUT2D eigenvalue weighted by atomic mass is 10.1. The fourth-order valence-electron chi connectivity index (χ4n) is 3.52. The molecule has 0 spiro atoms. The lowest BCUT2D eigenvalue weighted by Crippen LogP contribution is -2.50. The summed E-state index contributed by atoms with van der Waals surface area (Å²) in [5.41, 5.74) is 0. The number of nitrogens with zero attached hydrogens (tertiary/aromatic N) is 3. The first-order valence-electron chi connectivity index (χ1n) is 8.31. The summed E-state index contributed by atoms with van der Waals surface area (Å²) < 4.78 is 0. The van der Waals surface area contributed by atoms with Crippen molar-refractivity contribution in [3.63, 3.8) is 0 Å². The highest BCUT2D eigenvalue weighted by molar-refractivity contribution is 4.91. The van der Waals surface area contributed by atoms with Gasteiger partial charge in [0.25, 0.3) is 0 Å². The Hall–Kier alpha value is -0.630. The highest BCUT2D eigenvalue weighted by Gasteiger charge is 2.26. The maximum absolute atomic E-state index is 9.15. The standard InChI is InChI=1S/C16H30N4/c1-14(2)18-15(13-17)7-8-19-9-11-20(12-10-19)16-5-3-4-6-16/h14-16,18H,3-12H2,1-2H3. The van der Waals surface area contributed by atoms with Gasteiger partial charge >= 0.3 is 0 Å². The average Bonchev–Trinajstić information content (AvgIpc) is 2.97. The predicted octanol–water partition coefficient (Wildman–Crippen LogP) is 1.83. The summed E-state index contributed by atoms with van der Waals surface area (Å²) in [6.45, 7) is 10.1. The molecule has 2 fully saturated rings. The molecule has 1 heterocycles. The van der Waals surface area contributed by atoms with Crippen molar-refractivity contribution in [1.29, 1.82) is 5.26 Å². The van der Waals surface area contributed by atoms with Crippen molar-refractivity contribution in [2.45, 2.75) is 64.1 Å². The molecule has 1 saturated carbocycles. The Kier molecular flexibility index (Phi) is 6.28. The molecule has 2 rings (SSSR count). The highest BCUT2D eigenvalue weighted by atomic mass is 15.3. The largest absolute Gasteiger partial charge is 0.301 e. The fourth-order valence-corrected chi connectivity index (χ4v) is 3.52. The number of hydrogen-bond donors (Lipinski definition) is 1. The van der Waals surface area contributed by atoms with E-state index < -0.39 is 0 Å². The van der Waals surface area contributed by atoms with E-state index in [2.05, 4.69) is 35.0 Å². The Labute approximate surface area is 124 Å². The zero-order chi connectivity index (χ0) is 14.4. The van der Waals surface area contributed by atoms with Crippen molar-refractivity contribution >= 4 is 0 Å². The van der Waals surface area contributed by atoms with Gasteiger partial charge in [0.2, 0.25) is 0 Å². The molecule has 114 valence electrons. The summed E-state index contributed by atoms with van der Waals surface area (Å²) in [6.07, 6.45) is 6.62. The summed E-state index contributed by atoms with van der Waals surface area (Å²) in [4.78, 5) is 5.22. The quantitative estimate of drug-likeness (QED) is 0.805. The Balaban J connectivity index is 1.65. The van der Waals surface area contributed by atoms with Gasteiger partial charge in [0.05, 0.1) is 12.1 Å². The van der Waals surface area contributed by atoms with Crippen molar-refractivity contribution in [2.75, 3.05) is 32.7 Å². The van der Waals surface area contributed by atoms with Gasteiger partial charge in [0, 0.05) is 44.8 Å². The van der Waals surface area contributed by atoms with Crippen LogP contribution in [0.15, 0.2) is 0 Å². The van der Waals surface area contributed by atoms with E-state index in [0.717, 1.165) is 19.0 Å². The summed E-state index contributed by atoms with van der Waals surface area (Å²) in [5.74, 6) is 0. The molecule has 4 heteroatoms. The van der Waals surface area contributed by atoms with Crippen molar-refractivity contribution in [1.82, 2.24) is 15.1 Å². The van der Waals surface area contributed by atoms with Crippen LogP contribution in [0.4, 0.5) is 0 Å². The second-order valence-corrected chi connectivity index (χ2v) is 6.61. The van der Waals surface area contributed by atoms with E-state index in [1.807, 2.05) is 0 Å². The number of nitrogens with one attached hydrogen (secondary N) is 1. The molecule has 1 saturated heterocycles. The molecule has 20 heavy (non-hydrogen) atoms. The van der Waals surface area contributed by atoms with E-state index in [4.69, 9.17) is 5.26 Å². The minimum absolute atomic E-state index is 0.00265. The lowest BCUT2D eigenvalue weighted by molar-refractivity contribution is 0.0960. The van der Waals surface area contributed by atoms with E-state index in [-0.39, 0.29) is 6.04 Å². The second-order valence-electron chi connectivity index (χ2n) is 6.61. The Morgan fingerprint density at radius 3 is 2.35 bits per heavy atom. The fraction of sp³-hybridized carbons (Fsp3) is 0.938. The second kappa shape index (κ2) is 7.97. The molecule has 0 radical (unpaired) electrons. The molecule has 0 bridgehead atoms. The van der Waals surface area contributed by atoms with Crippen LogP contribution in [-0.4, -0.2) is 60.6 Å². The normalized spacial score (nSPS) is 24.1. The maximum Gasteiger partial charge on any atom is 0.0967 e. The molecule has 0 aromatic heterocycles. The van der Waals surface area contributed by atoms with Crippen LogP contribution < -0.4 is 5.32 Å². The number of piperazine rings is 1. The average molecular weight is 278 g/mol. The van der Waals surface area contributed by atoms with E-state index in [1.165, 1.54) is 51.9 Å². The molecule has 0 aromatic rings. The van der Waals surface area contributed by atoms with Crippen molar-refractivity contribution in [3.8, 4) is 6.07 Å². The molecule has 0 amide bonds. The molecule has 1 N–H and O–H groups in total. The third-order valence-corrected chi connectivity index (χ3v) is 4.67. The minimum Gasteiger partial charge on any atom is -0.301 e. The zero-order valence-electron chi connectivity index (χ0n) is 13.1. The van der Waals surface area contributed by atoms with Gasteiger partial charge < -0.3 is 4.90 Å². The Morgan fingerprint density at radius 1 is 1.15 bits per heavy atom. The van der Waals surface area contributed by atoms with Crippen LogP contribution in [0.25, 0.3) is 0 Å². The molecule has 2 aliphatic rings. The van der Waals surface area contributed by atoms with Gasteiger partial charge in [-0.05, 0) is 33.1 Å². The molecular formula is C16H30N4. The van der Waals surface area contributed by atoms with Gasteiger partial charge in [-0.1, -0.05) is 12.8 Å². The smallest absolute Gasteiger partial charge is 0.0967 e. The van der Waals surface area contributed by atoms with E-state index in [1.54, 1.807) is 0 Å². The van der Waals surface area contributed by atoms with Gasteiger partial charge in [0.1, 0.15) is 0 Å². The zero-order valence-corrected chi connectivity index (χ0v) is 13.1. The van der Waals surface area contributed by atoms with Crippen LogP contribution in [0.1, 0.15) is 46.0 Å². The van der Waals surface area contributed by atoms with Gasteiger partial charge in [0.15, 0.2) is 0 Å². The highest BCUT2D eigenvalue weighted by Crippen LogP contribution is 2.24. The first kappa shape index (κ1) is 15.8. The van der Waals surface area contributed by atoms with Gasteiger partial charge in [-0.25, -0.2) is 0 Å². The Morgan fingerprint density at radius 2 is 1.80 bits per heavy atom. The van der Waals surface area contributed by atoms with Gasteiger partial charge in [-0.15, -0.1) is 0 Å². The Bertz CT molecular complexity index is 309. The number of hydrogen-bond acceptors (Lipinski definition) is 4. The molecule has 1 atom stereocenters. The van der Waals surface area contributed by atoms with Crippen LogP contribution >= 0.6 is 0 Å². The monoisotopic (exact) mass is 278 g/mol.